The van der Waals surface area contributed by atoms with Gasteiger partial charge in [0.25, 0.3) is 0 Å². The van der Waals surface area contributed by atoms with Gasteiger partial charge in [-0.1, -0.05) is 24.3 Å². The zero-order valence-corrected chi connectivity index (χ0v) is 12.6. The number of benzene rings is 2. The summed E-state index contributed by atoms with van der Waals surface area (Å²) in [7, 11) is 1.89. The number of para-hydroxylation sites is 1. The maximum Gasteiger partial charge on any atom is 0.145 e. The number of aryl methyl sites for hydroxylation is 1. The molecule has 1 unspecified atom stereocenters. The molecule has 23 heavy (non-hydrogen) atoms. The van der Waals surface area contributed by atoms with Crippen LogP contribution in [0.15, 0.2) is 54.9 Å². The SMILES string of the molecule is Cn1cc(C(O)(CF)c2ccc3[nH]ncc3c2)c2ccccc21. The number of halogens is 1. The first-order valence-electron chi connectivity index (χ1n) is 7.40. The Morgan fingerprint density at radius 1 is 1.26 bits per heavy atom. The van der Waals surface area contributed by atoms with Gasteiger partial charge in [0.05, 0.1) is 11.7 Å². The van der Waals surface area contributed by atoms with Gasteiger partial charge in [-0.05, 0) is 23.8 Å². The molecule has 4 rings (SSSR count). The van der Waals surface area contributed by atoms with E-state index < -0.39 is 12.3 Å². The van der Waals surface area contributed by atoms with Gasteiger partial charge in [-0.2, -0.15) is 5.10 Å². The van der Waals surface area contributed by atoms with Gasteiger partial charge in [0.1, 0.15) is 12.3 Å². The Hall–Kier alpha value is -2.66. The van der Waals surface area contributed by atoms with Crippen molar-refractivity contribution in [2.24, 2.45) is 7.05 Å². The standard InChI is InChI=1S/C18H16FN3O/c1-22-10-15(14-4-2-3-5-17(14)22)18(23,11-19)13-6-7-16-12(8-13)9-20-21-16/h2-10,23H,11H2,1H3,(H,20,21). The van der Waals surface area contributed by atoms with Gasteiger partial charge in [-0.25, -0.2) is 4.39 Å². The normalized spacial score (nSPS) is 14.4. The van der Waals surface area contributed by atoms with Crippen LogP contribution in [0, 0.1) is 0 Å². The molecule has 2 aromatic carbocycles. The molecule has 0 aliphatic carbocycles. The van der Waals surface area contributed by atoms with Gasteiger partial charge in [0.15, 0.2) is 0 Å². The Morgan fingerprint density at radius 2 is 2.09 bits per heavy atom. The van der Waals surface area contributed by atoms with Gasteiger partial charge >= 0.3 is 0 Å². The van der Waals surface area contributed by atoms with Crippen molar-refractivity contribution in [3.63, 3.8) is 0 Å². The highest BCUT2D eigenvalue weighted by atomic mass is 19.1. The maximum absolute atomic E-state index is 14.0. The minimum Gasteiger partial charge on any atom is -0.378 e. The number of aromatic amines is 1. The van der Waals surface area contributed by atoms with Gasteiger partial charge in [0, 0.05) is 35.1 Å². The molecule has 0 fully saturated rings. The van der Waals surface area contributed by atoms with Crippen molar-refractivity contribution < 1.29 is 9.50 Å². The van der Waals surface area contributed by atoms with E-state index in [1.807, 2.05) is 41.9 Å². The third-order valence-corrected chi connectivity index (χ3v) is 4.45. The van der Waals surface area contributed by atoms with E-state index in [2.05, 4.69) is 10.2 Å². The van der Waals surface area contributed by atoms with E-state index in [0.29, 0.717) is 11.1 Å². The molecule has 0 saturated heterocycles. The lowest BCUT2D eigenvalue weighted by atomic mass is 9.87. The minimum absolute atomic E-state index is 0.519. The predicted octanol–water partition coefficient (Wildman–Crippen LogP) is 3.26. The van der Waals surface area contributed by atoms with E-state index in [0.717, 1.165) is 21.8 Å². The fraction of sp³-hybridized carbons (Fsp3) is 0.167. The van der Waals surface area contributed by atoms with Crippen LogP contribution < -0.4 is 0 Å². The quantitative estimate of drug-likeness (QED) is 0.610. The van der Waals surface area contributed by atoms with Gasteiger partial charge in [-0.15, -0.1) is 0 Å². The molecule has 0 aliphatic rings. The molecule has 2 N–H and O–H groups in total. The Labute approximate surface area is 132 Å². The number of rotatable bonds is 3. The summed E-state index contributed by atoms with van der Waals surface area (Å²) in [5, 5.41) is 19.7. The first-order chi connectivity index (χ1) is 11.1. The summed E-state index contributed by atoms with van der Waals surface area (Å²) in [6.45, 7) is -0.898. The molecule has 5 heteroatoms. The van der Waals surface area contributed by atoms with E-state index in [1.54, 1.807) is 24.5 Å². The summed E-state index contributed by atoms with van der Waals surface area (Å²) in [6.07, 6.45) is 3.46. The second-order valence-corrected chi connectivity index (χ2v) is 5.84. The summed E-state index contributed by atoms with van der Waals surface area (Å²) in [4.78, 5) is 0. The number of fused-ring (bicyclic) bond motifs is 2. The molecule has 1 atom stereocenters. The average Bonchev–Trinajstić information content (AvgIpc) is 3.19. The van der Waals surface area contributed by atoms with E-state index in [1.165, 1.54) is 0 Å². The molecule has 4 nitrogen and oxygen atoms in total. The van der Waals surface area contributed by atoms with E-state index in [9.17, 15) is 9.50 Å². The molecular weight excluding hydrogens is 293 g/mol. The Morgan fingerprint density at radius 3 is 2.91 bits per heavy atom. The Kier molecular flexibility index (Phi) is 2.99. The number of nitrogens with one attached hydrogen (secondary N) is 1. The van der Waals surface area contributed by atoms with Crippen molar-refractivity contribution in [1.82, 2.24) is 14.8 Å². The minimum atomic E-state index is -1.69. The van der Waals surface area contributed by atoms with Crippen molar-refractivity contribution >= 4 is 21.8 Å². The highest BCUT2D eigenvalue weighted by Gasteiger charge is 2.35. The van der Waals surface area contributed by atoms with Crippen molar-refractivity contribution in [3.8, 4) is 0 Å². The topological polar surface area (TPSA) is 53.8 Å². The van der Waals surface area contributed by atoms with Crippen molar-refractivity contribution in [2.75, 3.05) is 6.67 Å². The van der Waals surface area contributed by atoms with Crippen LogP contribution in [-0.2, 0) is 12.6 Å². The second kappa shape index (κ2) is 4.93. The molecular formula is C18H16FN3O. The smallest absolute Gasteiger partial charge is 0.145 e. The molecule has 0 radical (unpaired) electrons. The first-order valence-corrected chi connectivity index (χ1v) is 7.40. The van der Waals surface area contributed by atoms with Gasteiger partial charge in [-0.3, -0.25) is 5.10 Å². The maximum atomic E-state index is 14.0. The van der Waals surface area contributed by atoms with Crippen molar-refractivity contribution in [3.05, 3.63) is 66.0 Å². The van der Waals surface area contributed by atoms with Crippen LogP contribution >= 0.6 is 0 Å². The fourth-order valence-electron chi connectivity index (χ4n) is 3.18. The number of nitrogens with zero attached hydrogens (tertiary/aromatic N) is 2. The number of aromatic nitrogens is 3. The van der Waals surface area contributed by atoms with Gasteiger partial charge in [0.2, 0.25) is 0 Å². The zero-order chi connectivity index (χ0) is 16.0. The molecule has 0 amide bonds. The van der Waals surface area contributed by atoms with Gasteiger partial charge < -0.3 is 9.67 Å². The lowest BCUT2D eigenvalue weighted by Crippen LogP contribution is -2.29. The van der Waals surface area contributed by atoms with E-state index in [4.69, 9.17) is 0 Å². The number of H-pyrrole nitrogens is 1. The molecule has 4 aromatic rings. The van der Waals surface area contributed by atoms with E-state index in [-0.39, 0.29) is 0 Å². The van der Waals surface area contributed by atoms with Crippen molar-refractivity contribution in [2.45, 2.75) is 5.60 Å². The fourth-order valence-corrected chi connectivity index (χ4v) is 3.18. The van der Waals surface area contributed by atoms with Crippen molar-refractivity contribution in [1.29, 1.82) is 0 Å². The number of hydrogen-bond acceptors (Lipinski definition) is 2. The lowest BCUT2D eigenvalue weighted by molar-refractivity contribution is 0.0532. The predicted molar refractivity (Wildman–Crippen MR) is 88.0 cm³/mol. The number of alkyl halides is 1. The summed E-state index contributed by atoms with van der Waals surface area (Å²) in [6, 6.07) is 13.0. The zero-order valence-electron chi connectivity index (χ0n) is 12.6. The molecule has 0 bridgehead atoms. The summed E-state index contributed by atoms with van der Waals surface area (Å²) < 4.78 is 15.9. The molecule has 0 aliphatic heterocycles. The van der Waals surface area contributed by atoms with Crippen LogP contribution in [0.5, 0.6) is 0 Å². The number of aliphatic hydroxyl groups is 1. The Bertz CT molecular complexity index is 1000. The lowest BCUT2D eigenvalue weighted by Gasteiger charge is -2.25. The third-order valence-electron chi connectivity index (χ3n) is 4.45. The summed E-state index contributed by atoms with van der Waals surface area (Å²) >= 11 is 0. The molecule has 2 heterocycles. The Balaban J connectivity index is 1.97. The van der Waals surface area contributed by atoms with Crippen LogP contribution in [0.2, 0.25) is 0 Å². The van der Waals surface area contributed by atoms with Crippen LogP contribution in [0.4, 0.5) is 4.39 Å². The third kappa shape index (κ3) is 1.97. The van der Waals surface area contributed by atoms with Crippen LogP contribution in [0.1, 0.15) is 11.1 Å². The summed E-state index contributed by atoms with van der Waals surface area (Å²) in [5.74, 6) is 0. The molecule has 2 aromatic heterocycles. The largest absolute Gasteiger partial charge is 0.378 e. The summed E-state index contributed by atoms with van der Waals surface area (Å²) in [5.41, 5.74) is 1.21. The molecule has 0 saturated carbocycles. The first kappa shape index (κ1) is 14.0. The van der Waals surface area contributed by atoms with Crippen LogP contribution in [-0.4, -0.2) is 26.5 Å². The average molecular weight is 309 g/mol. The van der Waals surface area contributed by atoms with E-state index >= 15 is 0 Å². The van der Waals surface area contributed by atoms with Crippen LogP contribution in [0.25, 0.3) is 21.8 Å². The molecule has 116 valence electrons. The highest BCUT2D eigenvalue weighted by Crippen LogP contribution is 2.36. The number of hydrogen-bond donors (Lipinski definition) is 2. The molecule has 0 spiro atoms. The monoisotopic (exact) mass is 309 g/mol. The second-order valence-electron chi connectivity index (χ2n) is 5.84. The highest BCUT2D eigenvalue weighted by molar-refractivity contribution is 5.86. The van der Waals surface area contributed by atoms with Crippen LogP contribution in [0.3, 0.4) is 0 Å².